The third-order valence-electron chi connectivity index (χ3n) is 4.12. The van der Waals surface area contributed by atoms with E-state index in [1.54, 1.807) is 36.2 Å². The molecule has 6 nitrogen and oxygen atoms in total. The van der Waals surface area contributed by atoms with E-state index in [0.717, 1.165) is 0 Å². The van der Waals surface area contributed by atoms with Crippen molar-refractivity contribution in [1.29, 1.82) is 0 Å². The summed E-state index contributed by atoms with van der Waals surface area (Å²) in [7, 11) is 1.62. The molecule has 0 aromatic heterocycles. The Labute approximate surface area is 133 Å². The predicted molar refractivity (Wildman–Crippen MR) is 82.9 cm³/mol. The molecule has 118 valence electrons. The highest BCUT2D eigenvalue weighted by molar-refractivity contribution is 6.30. The van der Waals surface area contributed by atoms with Gasteiger partial charge < -0.3 is 20.3 Å². The minimum absolute atomic E-state index is 0.0209. The number of morpholine rings is 1. The van der Waals surface area contributed by atoms with Gasteiger partial charge in [-0.15, -0.1) is 0 Å². The van der Waals surface area contributed by atoms with Crippen LogP contribution in [0.5, 0.6) is 0 Å². The van der Waals surface area contributed by atoms with E-state index in [4.69, 9.17) is 16.3 Å². The summed E-state index contributed by atoms with van der Waals surface area (Å²) in [4.78, 5) is 25.9. The van der Waals surface area contributed by atoms with Crippen molar-refractivity contribution in [3.63, 3.8) is 0 Å². The van der Waals surface area contributed by atoms with E-state index in [-0.39, 0.29) is 30.1 Å². The van der Waals surface area contributed by atoms with Gasteiger partial charge in [0.2, 0.25) is 5.91 Å². The van der Waals surface area contributed by atoms with Gasteiger partial charge in [0.15, 0.2) is 0 Å². The number of rotatable bonds is 2. The summed E-state index contributed by atoms with van der Waals surface area (Å²) in [5.41, 5.74) is 0.691. The Morgan fingerprint density at radius 2 is 2.00 bits per heavy atom. The van der Waals surface area contributed by atoms with Crippen LogP contribution in [0.2, 0.25) is 5.02 Å². The third kappa shape index (κ3) is 3.03. The predicted octanol–water partition coefficient (Wildman–Crippen LogP) is 1.71. The number of nitrogens with zero attached hydrogens (tertiary/aromatic N) is 1. The molecule has 7 heteroatoms. The summed E-state index contributed by atoms with van der Waals surface area (Å²) in [6.07, 6.45) is 0.362. The van der Waals surface area contributed by atoms with E-state index in [1.807, 2.05) is 0 Å². The number of urea groups is 1. The maximum absolute atomic E-state index is 12.3. The summed E-state index contributed by atoms with van der Waals surface area (Å²) in [6.45, 7) is 0.928. The zero-order chi connectivity index (χ0) is 15.7. The van der Waals surface area contributed by atoms with E-state index in [1.165, 1.54) is 0 Å². The number of carbonyl (C=O) groups excluding carboxylic acids is 2. The van der Waals surface area contributed by atoms with Crippen molar-refractivity contribution in [2.75, 3.05) is 25.5 Å². The highest BCUT2D eigenvalue weighted by Crippen LogP contribution is 2.32. The lowest BCUT2D eigenvalue weighted by Crippen LogP contribution is -2.49. The molecule has 0 unspecified atom stereocenters. The lowest BCUT2D eigenvalue weighted by Gasteiger charge is -2.32. The fraction of sp³-hybridized carbons (Fsp3) is 0.467. The van der Waals surface area contributed by atoms with Crippen molar-refractivity contribution >= 4 is 29.2 Å². The average Bonchev–Trinajstić information content (AvgIpc) is 2.82. The van der Waals surface area contributed by atoms with E-state index < -0.39 is 0 Å². The molecule has 22 heavy (non-hydrogen) atoms. The summed E-state index contributed by atoms with van der Waals surface area (Å²) in [5.74, 6) is -0.198. The molecule has 3 rings (SSSR count). The zero-order valence-electron chi connectivity index (χ0n) is 12.2. The van der Waals surface area contributed by atoms with Gasteiger partial charge in [0.1, 0.15) is 0 Å². The normalized spacial score (nSPS) is 26.6. The number of amides is 3. The first-order chi connectivity index (χ1) is 10.6. The Kier molecular flexibility index (Phi) is 4.22. The molecule has 2 aliphatic rings. The quantitative estimate of drug-likeness (QED) is 0.870. The maximum Gasteiger partial charge on any atom is 0.322 e. The van der Waals surface area contributed by atoms with E-state index in [0.29, 0.717) is 30.2 Å². The van der Waals surface area contributed by atoms with Crippen LogP contribution in [-0.4, -0.2) is 49.2 Å². The molecule has 2 aliphatic heterocycles. The topological polar surface area (TPSA) is 70.7 Å². The summed E-state index contributed by atoms with van der Waals surface area (Å²) < 4.78 is 5.78. The number of hydrogen-bond donors (Lipinski definition) is 2. The smallest absolute Gasteiger partial charge is 0.322 e. The van der Waals surface area contributed by atoms with Crippen molar-refractivity contribution in [1.82, 2.24) is 10.2 Å². The summed E-state index contributed by atoms with van der Waals surface area (Å²) in [6, 6.07) is 6.77. The number of likely N-dealkylation sites (tertiary alicyclic amines) is 1. The second kappa shape index (κ2) is 6.14. The number of ether oxygens (including phenoxy) is 1. The van der Waals surface area contributed by atoms with Gasteiger partial charge in [-0.1, -0.05) is 11.6 Å². The van der Waals surface area contributed by atoms with E-state index >= 15 is 0 Å². The first-order valence-corrected chi connectivity index (χ1v) is 7.63. The monoisotopic (exact) mass is 323 g/mol. The van der Waals surface area contributed by atoms with Gasteiger partial charge in [0, 0.05) is 30.8 Å². The molecule has 0 spiro atoms. The molecular weight excluding hydrogens is 306 g/mol. The van der Waals surface area contributed by atoms with E-state index in [2.05, 4.69) is 10.6 Å². The van der Waals surface area contributed by atoms with Gasteiger partial charge in [-0.05, 0) is 30.7 Å². The van der Waals surface area contributed by atoms with Crippen LogP contribution in [0, 0.1) is 5.92 Å². The molecule has 2 fully saturated rings. The molecule has 1 aromatic rings. The number of nitrogens with one attached hydrogen (secondary N) is 2. The Hall–Kier alpha value is -1.79. The average molecular weight is 324 g/mol. The standard InChI is InChI=1S/C15H18ClN3O3/c1-17-14(20)12-6-11-7-19(8-13(12)22-11)15(21)18-10-4-2-9(16)3-5-10/h2-5,11-13H,6-8H2,1H3,(H,17,20)(H,18,21)/t11-,12+,13-/m0/s1. The SMILES string of the molecule is CNC(=O)[C@@H]1C[C@H]2CN(C(=O)Nc3ccc(Cl)cc3)C[C@@H]1O2. The molecule has 2 bridgehead atoms. The molecule has 0 saturated carbocycles. The van der Waals surface area contributed by atoms with Crippen LogP contribution in [0.15, 0.2) is 24.3 Å². The van der Waals surface area contributed by atoms with Crippen molar-refractivity contribution in [3.05, 3.63) is 29.3 Å². The van der Waals surface area contributed by atoms with Crippen LogP contribution in [0.3, 0.4) is 0 Å². The van der Waals surface area contributed by atoms with Crippen LogP contribution < -0.4 is 10.6 Å². The van der Waals surface area contributed by atoms with Crippen molar-refractivity contribution in [2.45, 2.75) is 18.6 Å². The highest BCUT2D eigenvalue weighted by Gasteiger charge is 2.45. The minimum Gasteiger partial charge on any atom is -0.370 e. The van der Waals surface area contributed by atoms with Crippen molar-refractivity contribution < 1.29 is 14.3 Å². The molecule has 0 aliphatic carbocycles. The lowest BCUT2D eigenvalue weighted by atomic mass is 10.00. The molecule has 2 saturated heterocycles. The summed E-state index contributed by atoms with van der Waals surface area (Å²) in [5, 5.41) is 6.12. The molecule has 3 amide bonds. The molecule has 2 N–H and O–H groups in total. The number of anilines is 1. The lowest BCUT2D eigenvalue weighted by molar-refractivity contribution is -0.127. The Bertz CT molecular complexity index is 578. The second-order valence-corrected chi connectivity index (χ2v) is 6.03. The highest BCUT2D eigenvalue weighted by atomic mass is 35.5. The van der Waals surface area contributed by atoms with Gasteiger partial charge in [-0.2, -0.15) is 0 Å². The number of halogens is 1. The molecule has 3 atom stereocenters. The van der Waals surface area contributed by atoms with Crippen LogP contribution in [0.25, 0.3) is 0 Å². The number of fused-ring (bicyclic) bond motifs is 2. The second-order valence-electron chi connectivity index (χ2n) is 5.60. The maximum atomic E-state index is 12.3. The Balaban J connectivity index is 1.63. The van der Waals surface area contributed by atoms with Crippen LogP contribution >= 0.6 is 11.6 Å². The molecule has 1 aromatic carbocycles. The van der Waals surface area contributed by atoms with Crippen molar-refractivity contribution in [3.8, 4) is 0 Å². The Morgan fingerprint density at radius 3 is 2.68 bits per heavy atom. The van der Waals surface area contributed by atoms with Gasteiger partial charge in [-0.3, -0.25) is 4.79 Å². The van der Waals surface area contributed by atoms with Gasteiger partial charge in [0.05, 0.1) is 18.1 Å². The minimum atomic E-state index is -0.227. The van der Waals surface area contributed by atoms with Crippen molar-refractivity contribution in [2.24, 2.45) is 5.92 Å². The molecule has 0 radical (unpaired) electrons. The third-order valence-corrected chi connectivity index (χ3v) is 4.38. The number of benzene rings is 1. The fourth-order valence-corrected chi connectivity index (χ4v) is 3.15. The molecule has 2 heterocycles. The number of hydrogen-bond acceptors (Lipinski definition) is 3. The summed E-state index contributed by atoms with van der Waals surface area (Å²) >= 11 is 5.83. The Morgan fingerprint density at radius 1 is 1.27 bits per heavy atom. The largest absolute Gasteiger partial charge is 0.370 e. The fourth-order valence-electron chi connectivity index (χ4n) is 3.02. The number of carbonyl (C=O) groups is 2. The van der Waals surface area contributed by atoms with E-state index in [9.17, 15) is 9.59 Å². The zero-order valence-corrected chi connectivity index (χ0v) is 13.0. The molecular formula is C15H18ClN3O3. The van der Waals surface area contributed by atoms with Crippen LogP contribution in [0.1, 0.15) is 6.42 Å². The first-order valence-electron chi connectivity index (χ1n) is 7.25. The van der Waals surface area contributed by atoms with Gasteiger partial charge >= 0.3 is 6.03 Å². The van der Waals surface area contributed by atoms with Crippen LogP contribution in [-0.2, 0) is 9.53 Å². The van der Waals surface area contributed by atoms with Crippen LogP contribution in [0.4, 0.5) is 10.5 Å². The van der Waals surface area contributed by atoms with Gasteiger partial charge in [-0.25, -0.2) is 4.79 Å². The first kappa shape index (κ1) is 15.1. The van der Waals surface area contributed by atoms with Gasteiger partial charge in [0.25, 0.3) is 0 Å².